The largest absolute Gasteiger partial charge is 0.382 e. The summed E-state index contributed by atoms with van der Waals surface area (Å²) in [7, 11) is 0. The fourth-order valence-corrected chi connectivity index (χ4v) is 0.637. The molecule has 0 saturated carbocycles. The summed E-state index contributed by atoms with van der Waals surface area (Å²) in [6.07, 6.45) is -0.996. The summed E-state index contributed by atoms with van der Waals surface area (Å²) in [5.41, 5.74) is 5.37. The van der Waals surface area contributed by atoms with Gasteiger partial charge in [0.05, 0.1) is 17.8 Å². The van der Waals surface area contributed by atoms with E-state index in [9.17, 15) is 0 Å². The molecule has 0 aliphatic rings. The third kappa shape index (κ3) is 0.621. The predicted octanol–water partition coefficient (Wildman–Crippen LogP) is 0.311. The van der Waals surface area contributed by atoms with Gasteiger partial charge in [-0.3, -0.25) is 0 Å². The SMILES string of the molecule is [2H]c1nc2c([2H])nc(N)c([2H])n2c1[2H]. The lowest BCUT2D eigenvalue weighted by atomic mass is 10.6. The molecule has 10 heavy (non-hydrogen) atoms. The molecule has 50 valence electrons. The Labute approximate surface area is 62.9 Å². The third-order valence-electron chi connectivity index (χ3n) is 1.04. The van der Waals surface area contributed by atoms with Gasteiger partial charge in [-0.15, -0.1) is 0 Å². The van der Waals surface area contributed by atoms with E-state index in [1.807, 2.05) is 0 Å². The highest BCUT2D eigenvalue weighted by atomic mass is 15.0. The fourth-order valence-electron chi connectivity index (χ4n) is 0.637. The molecule has 0 amide bonds. The van der Waals surface area contributed by atoms with Crippen molar-refractivity contribution in [2.45, 2.75) is 0 Å². The highest BCUT2D eigenvalue weighted by Gasteiger charge is 1.91. The van der Waals surface area contributed by atoms with Crippen LogP contribution in [0.25, 0.3) is 5.65 Å². The zero-order valence-electron chi connectivity index (χ0n) is 8.92. The average Bonchev–Trinajstić information content (AvgIpc) is 2.41. The number of aromatic nitrogens is 3. The second kappa shape index (κ2) is 1.70. The van der Waals surface area contributed by atoms with Gasteiger partial charge in [-0.05, 0) is 0 Å². The van der Waals surface area contributed by atoms with E-state index < -0.39 is 0 Å². The van der Waals surface area contributed by atoms with E-state index in [0.29, 0.717) is 0 Å². The molecule has 0 radical (unpaired) electrons. The van der Waals surface area contributed by atoms with E-state index in [-0.39, 0.29) is 36.2 Å². The standard InChI is InChI=1S/C6H6N4/c7-5-4-10-2-1-8-6(10)3-9-5/h1-4H,7H2/i1D,2D,3D,4D. The van der Waals surface area contributed by atoms with Crippen LogP contribution in [0.3, 0.4) is 0 Å². The molecule has 0 aliphatic heterocycles. The lowest BCUT2D eigenvalue weighted by molar-refractivity contribution is 1.14. The van der Waals surface area contributed by atoms with Gasteiger partial charge >= 0.3 is 0 Å². The summed E-state index contributed by atoms with van der Waals surface area (Å²) in [5, 5.41) is 0. The number of hydrogen-bond donors (Lipinski definition) is 1. The Bertz CT molecular complexity index is 520. The van der Waals surface area contributed by atoms with Crippen LogP contribution in [0.2, 0.25) is 0 Å². The van der Waals surface area contributed by atoms with E-state index in [2.05, 4.69) is 9.97 Å². The normalized spacial score (nSPS) is 16.0. The molecule has 0 saturated heterocycles. The Kier molecular flexibility index (Phi) is 0.437. The van der Waals surface area contributed by atoms with Crippen LogP contribution in [0, 0.1) is 0 Å². The number of rotatable bonds is 0. The maximum absolute atomic E-state index is 7.49. The molecule has 0 spiro atoms. The smallest absolute Gasteiger partial charge is 0.155 e. The molecule has 2 N–H and O–H groups in total. The molecule has 2 rings (SSSR count). The first kappa shape index (κ1) is 2.57. The average molecular weight is 138 g/mol. The summed E-state index contributed by atoms with van der Waals surface area (Å²) < 4.78 is 30.6. The minimum atomic E-state index is -0.292. The van der Waals surface area contributed by atoms with Crippen molar-refractivity contribution >= 4 is 11.5 Å². The lowest BCUT2D eigenvalue weighted by Crippen LogP contribution is -1.92. The van der Waals surface area contributed by atoms with Gasteiger partial charge in [-0.1, -0.05) is 0 Å². The van der Waals surface area contributed by atoms with Gasteiger partial charge in [0.15, 0.2) is 5.65 Å². The van der Waals surface area contributed by atoms with Gasteiger partial charge in [0.25, 0.3) is 0 Å². The molecule has 0 aliphatic carbocycles. The molecule has 0 aromatic carbocycles. The van der Waals surface area contributed by atoms with Crippen molar-refractivity contribution in [1.29, 1.82) is 0 Å². The molecule has 4 heteroatoms. The second-order valence-electron chi connectivity index (χ2n) is 1.72. The number of anilines is 1. The number of hydrogen-bond acceptors (Lipinski definition) is 3. The Morgan fingerprint density at radius 2 is 2.50 bits per heavy atom. The quantitative estimate of drug-likeness (QED) is 0.570. The highest BCUT2D eigenvalue weighted by Crippen LogP contribution is 2.00. The Morgan fingerprint density at radius 3 is 3.40 bits per heavy atom. The van der Waals surface area contributed by atoms with E-state index >= 15 is 0 Å². The van der Waals surface area contributed by atoms with Gasteiger partial charge < -0.3 is 10.1 Å². The minimum Gasteiger partial charge on any atom is -0.382 e. The first-order valence-corrected chi connectivity index (χ1v) is 2.60. The van der Waals surface area contributed by atoms with Crippen molar-refractivity contribution in [3.05, 3.63) is 24.7 Å². The molecule has 0 fully saturated rings. The van der Waals surface area contributed by atoms with Crippen LogP contribution in [-0.2, 0) is 0 Å². The predicted molar refractivity (Wildman–Crippen MR) is 37.4 cm³/mol. The monoisotopic (exact) mass is 138 g/mol. The fraction of sp³-hybridized carbons (Fsp3) is 0. The molecular formula is C6H6N4. The maximum Gasteiger partial charge on any atom is 0.155 e. The maximum atomic E-state index is 7.49. The number of nitrogens with zero attached hydrogens (tertiary/aromatic N) is 3. The van der Waals surface area contributed by atoms with Crippen molar-refractivity contribution in [2.75, 3.05) is 5.73 Å². The zero-order valence-corrected chi connectivity index (χ0v) is 4.92. The zero-order chi connectivity index (χ0) is 10.5. The van der Waals surface area contributed by atoms with E-state index in [1.54, 1.807) is 0 Å². The van der Waals surface area contributed by atoms with E-state index in [0.717, 1.165) is 4.40 Å². The van der Waals surface area contributed by atoms with Crippen LogP contribution in [-0.4, -0.2) is 14.4 Å². The summed E-state index contributed by atoms with van der Waals surface area (Å²) in [6, 6.07) is 0. The second-order valence-corrected chi connectivity index (χ2v) is 1.72. The van der Waals surface area contributed by atoms with Gasteiger partial charge in [-0.25, -0.2) is 9.97 Å². The van der Waals surface area contributed by atoms with Crippen LogP contribution in [0.4, 0.5) is 5.82 Å². The van der Waals surface area contributed by atoms with Gasteiger partial charge in [0.2, 0.25) is 0 Å². The van der Waals surface area contributed by atoms with Crippen LogP contribution in [0.1, 0.15) is 5.48 Å². The molecule has 0 bridgehead atoms. The van der Waals surface area contributed by atoms with E-state index in [1.165, 1.54) is 0 Å². The van der Waals surface area contributed by atoms with Crippen molar-refractivity contribution in [3.63, 3.8) is 0 Å². The molecule has 0 atom stereocenters. The first-order valence-electron chi connectivity index (χ1n) is 4.60. The topological polar surface area (TPSA) is 56.2 Å². The molecule has 0 unspecified atom stereocenters. The summed E-state index contributed by atoms with van der Waals surface area (Å²) in [6.45, 7) is 0. The van der Waals surface area contributed by atoms with E-state index in [4.69, 9.17) is 11.2 Å². The van der Waals surface area contributed by atoms with Crippen LogP contribution in [0.15, 0.2) is 24.7 Å². The van der Waals surface area contributed by atoms with Gasteiger partial charge in [-0.2, -0.15) is 0 Å². The molecular weight excluding hydrogens is 128 g/mol. The summed E-state index contributed by atoms with van der Waals surface area (Å²) >= 11 is 0. The Balaban J connectivity index is 3.03. The van der Waals surface area contributed by atoms with Crippen molar-refractivity contribution in [2.24, 2.45) is 0 Å². The molecule has 4 nitrogen and oxygen atoms in total. The molecule has 2 heterocycles. The summed E-state index contributed by atoms with van der Waals surface area (Å²) in [5.74, 6) is -0.145. The lowest BCUT2D eigenvalue weighted by Gasteiger charge is -1.92. The number of imidazole rings is 1. The number of nitrogen functional groups attached to an aromatic ring is 1. The van der Waals surface area contributed by atoms with Gasteiger partial charge in [0, 0.05) is 12.3 Å². The summed E-state index contributed by atoms with van der Waals surface area (Å²) in [4.78, 5) is 7.19. The van der Waals surface area contributed by atoms with Crippen LogP contribution < -0.4 is 5.73 Å². The van der Waals surface area contributed by atoms with Crippen molar-refractivity contribution in [1.82, 2.24) is 14.4 Å². The number of nitrogens with two attached hydrogens (primary N) is 1. The van der Waals surface area contributed by atoms with Gasteiger partial charge in [0.1, 0.15) is 5.82 Å². The van der Waals surface area contributed by atoms with Crippen molar-refractivity contribution in [3.8, 4) is 0 Å². The van der Waals surface area contributed by atoms with Crippen LogP contribution in [0.5, 0.6) is 0 Å². The van der Waals surface area contributed by atoms with Crippen LogP contribution >= 0.6 is 0 Å². The molecule has 2 aromatic heterocycles. The number of fused-ring (bicyclic) bond motifs is 1. The minimum absolute atomic E-state index is 0.0131. The molecule has 2 aromatic rings. The third-order valence-corrected chi connectivity index (χ3v) is 1.04. The van der Waals surface area contributed by atoms with Crippen molar-refractivity contribution < 1.29 is 5.48 Å². The first-order chi connectivity index (χ1) is 6.52. The highest BCUT2D eigenvalue weighted by molar-refractivity contribution is 5.39. The Morgan fingerprint density at radius 1 is 1.60 bits per heavy atom. The Hall–Kier alpha value is -1.58.